The van der Waals surface area contributed by atoms with Gasteiger partial charge in [0, 0.05) is 17.5 Å². The van der Waals surface area contributed by atoms with Crippen molar-refractivity contribution >= 4 is 61.4 Å². The van der Waals surface area contributed by atoms with Crippen LogP contribution >= 0.6 is 0 Å². The van der Waals surface area contributed by atoms with Gasteiger partial charge in [-0.2, -0.15) is 9.13 Å². The molecule has 0 unspecified atom stereocenters. The lowest BCUT2D eigenvalue weighted by Crippen LogP contribution is -2.33. The predicted octanol–water partition coefficient (Wildman–Crippen LogP) is 13.2. The molecule has 4 nitrogen and oxygen atoms in total. The van der Waals surface area contributed by atoms with Gasteiger partial charge in [0.05, 0.1) is 11.4 Å². The van der Waals surface area contributed by atoms with E-state index in [1.165, 1.54) is 21.5 Å². The van der Waals surface area contributed by atoms with Crippen molar-refractivity contribution in [3.8, 4) is 11.4 Å². The Labute approximate surface area is 332 Å². The van der Waals surface area contributed by atoms with Crippen LogP contribution in [0.3, 0.4) is 0 Å². The van der Waals surface area contributed by atoms with E-state index in [9.17, 15) is 0 Å². The maximum absolute atomic E-state index is 2.36. The average molecular weight is 732 g/mol. The van der Waals surface area contributed by atoms with E-state index >= 15 is 0 Å². The lowest BCUT2D eigenvalue weighted by Gasteiger charge is -2.25. The van der Waals surface area contributed by atoms with Crippen LogP contribution in [0.1, 0.15) is 5.82 Å². The van der Waals surface area contributed by atoms with E-state index in [1.54, 1.807) is 0 Å². The molecule has 10 rings (SSSR count). The molecule has 57 heavy (non-hydrogen) atoms. The van der Waals surface area contributed by atoms with Crippen molar-refractivity contribution in [2.24, 2.45) is 0 Å². The third-order valence-corrected chi connectivity index (χ3v) is 10.6. The molecule has 0 spiro atoms. The van der Waals surface area contributed by atoms with Gasteiger partial charge in [-0.25, -0.2) is 0 Å². The Hall–Kier alpha value is -7.69. The molecule has 1 aromatic heterocycles. The second kappa shape index (κ2) is 14.9. The minimum atomic E-state index is 1.06. The van der Waals surface area contributed by atoms with Gasteiger partial charge in [-0.1, -0.05) is 152 Å². The molecule has 0 saturated carbocycles. The van der Waals surface area contributed by atoms with Crippen LogP contribution in [-0.2, 0) is 0 Å². The van der Waals surface area contributed by atoms with Crippen LogP contribution in [0, 0.1) is 0 Å². The molecule has 0 radical (unpaired) electrons. The molecular formula is C53H39N4+. The van der Waals surface area contributed by atoms with E-state index in [-0.39, 0.29) is 0 Å². The Morgan fingerprint density at radius 2 is 0.825 bits per heavy atom. The van der Waals surface area contributed by atoms with Crippen LogP contribution in [-0.4, -0.2) is 4.57 Å². The molecule has 0 fully saturated rings. The number of para-hydroxylation sites is 4. The number of nitrogens with zero attached hydrogens (tertiary/aromatic N) is 4. The fourth-order valence-corrected chi connectivity index (χ4v) is 8.01. The molecule has 0 bridgehead atoms. The molecule has 0 saturated heterocycles. The topological polar surface area (TPSA) is 15.3 Å². The molecular weight excluding hydrogens is 693 g/mol. The zero-order chi connectivity index (χ0) is 38.0. The van der Waals surface area contributed by atoms with Crippen molar-refractivity contribution in [2.75, 3.05) is 9.80 Å². The second-order valence-electron chi connectivity index (χ2n) is 14.1. The maximum Gasteiger partial charge on any atom is 0.292 e. The van der Waals surface area contributed by atoms with Crippen LogP contribution in [0.4, 0.5) is 22.7 Å². The Morgan fingerprint density at radius 1 is 0.386 bits per heavy atom. The first-order chi connectivity index (χ1) is 28.3. The molecule has 0 amide bonds. The lowest BCUT2D eigenvalue weighted by atomic mass is 10.1. The minimum Gasteiger partial charge on any atom is -0.294 e. The molecule has 2 heterocycles. The molecule has 1 aliphatic heterocycles. The number of allylic oxidation sites excluding steroid dienone is 6. The highest BCUT2D eigenvalue weighted by Crippen LogP contribution is 2.51. The van der Waals surface area contributed by atoms with Gasteiger partial charge >= 0.3 is 0 Å². The summed E-state index contributed by atoms with van der Waals surface area (Å²) in [5.41, 5.74) is 9.03. The summed E-state index contributed by atoms with van der Waals surface area (Å²) in [6, 6.07) is 68.9. The van der Waals surface area contributed by atoms with Crippen LogP contribution in [0.2, 0.25) is 0 Å². The zero-order valence-corrected chi connectivity index (χ0v) is 31.3. The molecule has 1 aliphatic rings. The van der Waals surface area contributed by atoms with Gasteiger partial charge in [-0.15, -0.1) is 0 Å². The second-order valence-corrected chi connectivity index (χ2v) is 14.1. The van der Waals surface area contributed by atoms with E-state index in [2.05, 4.69) is 256 Å². The third-order valence-electron chi connectivity index (χ3n) is 10.6. The number of imidazole rings is 1. The molecule has 270 valence electrons. The van der Waals surface area contributed by atoms with E-state index in [0.717, 1.165) is 56.8 Å². The fourth-order valence-electron chi connectivity index (χ4n) is 8.01. The standard InChI is InChI=1S/C53H39N4/c1(2-16-34-52-54(44-26-8-4-9-27-44)48-36-40-22-18-19-23-41(40)37-49(48)55(52)45-28-10-5-11-29-45)3-17-35-53-56(46-30-12-6-13-31-46)50-38-42-24-20-21-25-43(42)39-51(50)57(53)47-32-14-7-15-33-47/h1-39H/q+1. The van der Waals surface area contributed by atoms with Gasteiger partial charge in [0.1, 0.15) is 17.2 Å². The number of hydrogen-bond donors (Lipinski definition) is 0. The summed E-state index contributed by atoms with van der Waals surface area (Å²) in [4.78, 5) is 4.72. The van der Waals surface area contributed by atoms with Crippen molar-refractivity contribution in [2.45, 2.75) is 0 Å². The number of hydrogen-bond acceptors (Lipinski definition) is 2. The van der Waals surface area contributed by atoms with Gasteiger partial charge in [-0.3, -0.25) is 9.80 Å². The predicted molar refractivity (Wildman–Crippen MR) is 239 cm³/mol. The van der Waals surface area contributed by atoms with E-state index in [4.69, 9.17) is 0 Å². The van der Waals surface area contributed by atoms with Crippen LogP contribution < -0.4 is 14.4 Å². The summed E-state index contributed by atoms with van der Waals surface area (Å²) in [6.07, 6.45) is 15.0. The summed E-state index contributed by atoms with van der Waals surface area (Å²) in [5, 5.41) is 4.85. The van der Waals surface area contributed by atoms with Crippen molar-refractivity contribution < 1.29 is 4.57 Å². The molecule has 4 heteroatoms. The van der Waals surface area contributed by atoms with E-state index in [1.807, 2.05) is 0 Å². The van der Waals surface area contributed by atoms with E-state index < -0.39 is 0 Å². The van der Waals surface area contributed by atoms with Gasteiger partial charge in [0.15, 0.2) is 11.0 Å². The summed E-state index contributed by atoms with van der Waals surface area (Å²) in [6.45, 7) is 0. The highest BCUT2D eigenvalue weighted by atomic mass is 15.4. The Kier molecular flexibility index (Phi) is 8.82. The first-order valence-electron chi connectivity index (χ1n) is 19.4. The Balaban J connectivity index is 1.05. The summed E-state index contributed by atoms with van der Waals surface area (Å²) in [5.74, 6) is 2.11. The quantitative estimate of drug-likeness (QED) is 0.114. The first-order valence-corrected chi connectivity index (χ1v) is 19.4. The third kappa shape index (κ3) is 6.29. The van der Waals surface area contributed by atoms with Crippen molar-refractivity contribution in [1.82, 2.24) is 4.57 Å². The smallest absolute Gasteiger partial charge is 0.292 e. The molecule has 8 aromatic carbocycles. The first kappa shape index (κ1) is 33.8. The Bertz CT molecular complexity index is 2810. The number of fused-ring (bicyclic) bond motifs is 4. The summed E-state index contributed by atoms with van der Waals surface area (Å²) >= 11 is 0. The van der Waals surface area contributed by atoms with Crippen LogP contribution in [0.5, 0.6) is 0 Å². The summed E-state index contributed by atoms with van der Waals surface area (Å²) in [7, 11) is 0. The van der Waals surface area contributed by atoms with Crippen molar-refractivity contribution in [3.05, 3.63) is 242 Å². The number of anilines is 4. The van der Waals surface area contributed by atoms with Gasteiger partial charge in [-0.05, 0) is 100 Å². The normalized spacial score (nSPS) is 12.9. The monoisotopic (exact) mass is 731 g/mol. The summed E-state index contributed by atoms with van der Waals surface area (Å²) < 4.78 is 4.72. The zero-order valence-electron chi connectivity index (χ0n) is 31.3. The molecule has 0 aliphatic carbocycles. The van der Waals surface area contributed by atoms with E-state index in [0.29, 0.717) is 0 Å². The SMILES string of the molecule is C(=CC=Cc1n(-c2ccccc2)c2cc3ccccc3cc2[n+]1-c1ccccc1)C=CC=C1N(c2ccccc2)c2cc3ccccc3cc2N1c1ccccc1. The fraction of sp³-hybridized carbons (Fsp3) is 0. The van der Waals surface area contributed by atoms with Crippen molar-refractivity contribution in [3.63, 3.8) is 0 Å². The highest BCUT2D eigenvalue weighted by Gasteiger charge is 2.33. The molecule has 0 atom stereocenters. The molecule has 9 aromatic rings. The number of rotatable bonds is 8. The number of benzene rings is 8. The highest BCUT2D eigenvalue weighted by molar-refractivity contribution is 6.01. The largest absolute Gasteiger partial charge is 0.294 e. The van der Waals surface area contributed by atoms with Crippen LogP contribution in [0.25, 0.3) is 50.0 Å². The van der Waals surface area contributed by atoms with Crippen molar-refractivity contribution in [1.29, 1.82) is 0 Å². The van der Waals surface area contributed by atoms with Crippen LogP contribution in [0.15, 0.2) is 236 Å². The van der Waals surface area contributed by atoms with Gasteiger partial charge in [0.25, 0.3) is 5.82 Å². The molecule has 0 N–H and O–H groups in total. The lowest BCUT2D eigenvalue weighted by molar-refractivity contribution is -0.570. The maximum atomic E-state index is 2.36. The minimum absolute atomic E-state index is 1.06. The number of aromatic nitrogens is 2. The van der Waals surface area contributed by atoms with Gasteiger partial charge in [0.2, 0.25) is 0 Å². The average Bonchev–Trinajstić information content (AvgIpc) is 3.76. The Morgan fingerprint density at radius 3 is 1.39 bits per heavy atom. The van der Waals surface area contributed by atoms with Gasteiger partial charge < -0.3 is 0 Å².